The van der Waals surface area contributed by atoms with Gasteiger partial charge in [0.05, 0.1) is 17.7 Å². The number of anilines is 2. The Kier molecular flexibility index (Phi) is 4.39. The standard InChI is InChI=1S/C18H24FN5O3/c1-22-14(25)10-12(16(26)27)18(22)4-8-24(9-5-18)17-20-11-13(19)15(21-17)23-6-2-3-7-23/h11-12H,2-10H2,1H3,(H,26,27). The first-order chi connectivity index (χ1) is 12.9. The van der Waals surface area contributed by atoms with Crippen LogP contribution in [0.1, 0.15) is 32.1 Å². The Bertz CT molecular complexity index is 759. The summed E-state index contributed by atoms with van der Waals surface area (Å²) in [4.78, 5) is 37.9. The van der Waals surface area contributed by atoms with E-state index in [1.807, 2.05) is 9.80 Å². The number of piperidine rings is 1. The van der Waals surface area contributed by atoms with Gasteiger partial charge in [-0.05, 0) is 25.7 Å². The van der Waals surface area contributed by atoms with Crippen LogP contribution in [-0.4, -0.2) is 70.6 Å². The van der Waals surface area contributed by atoms with Crippen LogP contribution in [0.25, 0.3) is 0 Å². The third-order valence-corrected chi connectivity index (χ3v) is 6.40. The number of hydrogen-bond acceptors (Lipinski definition) is 6. The van der Waals surface area contributed by atoms with Crippen molar-refractivity contribution in [2.75, 3.05) is 43.0 Å². The highest BCUT2D eigenvalue weighted by molar-refractivity contribution is 5.88. The largest absolute Gasteiger partial charge is 0.481 e. The molecule has 3 aliphatic rings. The van der Waals surface area contributed by atoms with Crippen LogP contribution in [0, 0.1) is 11.7 Å². The van der Waals surface area contributed by atoms with E-state index >= 15 is 0 Å². The Labute approximate surface area is 157 Å². The number of nitrogens with zero attached hydrogens (tertiary/aromatic N) is 5. The minimum atomic E-state index is -0.921. The molecule has 4 heterocycles. The van der Waals surface area contributed by atoms with Crippen molar-refractivity contribution >= 4 is 23.6 Å². The van der Waals surface area contributed by atoms with Crippen LogP contribution in [0.5, 0.6) is 0 Å². The first-order valence-corrected chi connectivity index (χ1v) is 9.44. The summed E-state index contributed by atoms with van der Waals surface area (Å²) in [6, 6.07) is 0. The number of aromatic nitrogens is 2. The third kappa shape index (κ3) is 2.89. The van der Waals surface area contributed by atoms with Crippen molar-refractivity contribution in [1.29, 1.82) is 0 Å². The number of amides is 1. The van der Waals surface area contributed by atoms with Gasteiger partial charge in [-0.25, -0.2) is 9.37 Å². The number of carbonyl (C=O) groups excluding carboxylic acids is 1. The van der Waals surface area contributed by atoms with E-state index in [9.17, 15) is 19.1 Å². The lowest BCUT2D eigenvalue weighted by atomic mass is 9.77. The number of rotatable bonds is 3. The Morgan fingerprint density at radius 1 is 1.22 bits per heavy atom. The van der Waals surface area contributed by atoms with Gasteiger partial charge in [0.25, 0.3) is 0 Å². The van der Waals surface area contributed by atoms with Crippen LogP contribution in [-0.2, 0) is 9.59 Å². The van der Waals surface area contributed by atoms with Gasteiger partial charge < -0.3 is 19.8 Å². The van der Waals surface area contributed by atoms with Crippen molar-refractivity contribution in [3.05, 3.63) is 12.0 Å². The zero-order valence-corrected chi connectivity index (χ0v) is 15.4. The number of likely N-dealkylation sites (tertiary alicyclic amines) is 1. The molecule has 3 fully saturated rings. The molecule has 27 heavy (non-hydrogen) atoms. The minimum absolute atomic E-state index is 0.0536. The molecule has 9 heteroatoms. The fraction of sp³-hybridized carbons (Fsp3) is 0.667. The molecule has 0 saturated carbocycles. The van der Waals surface area contributed by atoms with E-state index in [4.69, 9.17) is 0 Å². The molecule has 3 aliphatic heterocycles. The van der Waals surface area contributed by atoms with E-state index < -0.39 is 23.2 Å². The van der Waals surface area contributed by atoms with E-state index in [-0.39, 0.29) is 12.3 Å². The van der Waals surface area contributed by atoms with Crippen LogP contribution >= 0.6 is 0 Å². The lowest BCUT2D eigenvalue weighted by Crippen LogP contribution is -2.56. The van der Waals surface area contributed by atoms with Crippen LogP contribution in [0.3, 0.4) is 0 Å². The summed E-state index contributed by atoms with van der Waals surface area (Å²) in [5.74, 6) is -1.34. The molecular weight excluding hydrogens is 353 g/mol. The normalized spacial score (nSPS) is 24.9. The Morgan fingerprint density at radius 3 is 2.52 bits per heavy atom. The maximum Gasteiger partial charge on any atom is 0.309 e. The van der Waals surface area contributed by atoms with Gasteiger partial charge in [-0.3, -0.25) is 9.59 Å². The number of carboxylic acids is 1. The number of carboxylic acid groups (broad SMARTS) is 1. The molecule has 4 rings (SSSR count). The van der Waals surface area contributed by atoms with Crippen molar-refractivity contribution in [1.82, 2.24) is 14.9 Å². The molecule has 0 aromatic carbocycles. The van der Waals surface area contributed by atoms with Gasteiger partial charge in [-0.1, -0.05) is 0 Å². The topological polar surface area (TPSA) is 89.9 Å². The Hall–Kier alpha value is -2.45. The first kappa shape index (κ1) is 17.9. The maximum absolute atomic E-state index is 14.2. The van der Waals surface area contributed by atoms with Crippen molar-refractivity contribution in [3.8, 4) is 0 Å². The summed E-state index contributed by atoms with van der Waals surface area (Å²) < 4.78 is 14.2. The predicted molar refractivity (Wildman–Crippen MR) is 96.1 cm³/mol. The lowest BCUT2D eigenvalue weighted by molar-refractivity contribution is -0.145. The molecule has 1 aromatic heterocycles. The van der Waals surface area contributed by atoms with E-state index in [0.717, 1.165) is 25.9 Å². The first-order valence-electron chi connectivity index (χ1n) is 9.44. The molecule has 1 amide bonds. The summed E-state index contributed by atoms with van der Waals surface area (Å²) in [6.07, 6.45) is 4.39. The van der Waals surface area contributed by atoms with E-state index in [0.29, 0.717) is 37.7 Å². The highest BCUT2D eigenvalue weighted by atomic mass is 19.1. The quantitative estimate of drug-likeness (QED) is 0.844. The number of hydrogen-bond donors (Lipinski definition) is 1. The monoisotopic (exact) mass is 377 g/mol. The molecule has 1 unspecified atom stereocenters. The van der Waals surface area contributed by atoms with Gasteiger partial charge >= 0.3 is 5.97 Å². The molecule has 8 nitrogen and oxygen atoms in total. The summed E-state index contributed by atoms with van der Waals surface area (Å²) in [5.41, 5.74) is -0.656. The second-order valence-electron chi connectivity index (χ2n) is 7.67. The van der Waals surface area contributed by atoms with Crippen molar-refractivity contribution in [2.24, 2.45) is 5.92 Å². The molecule has 3 saturated heterocycles. The van der Waals surface area contributed by atoms with Gasteiger partial charge in [0, 0.05) is 39.6 Å². The average Bonchev–Trinajstić information content (AvgIpc) is 3.27. The molecule has 146 valence electrons. The maximum atomic E-state index is 14.2. The van der Waals surface area contributed by atoms with Gasteiger partial charge in [-0.2, -0.15) is 4.98 Å². The summed E-state index contributed by atoms with van der Waals surface area (Å²) >= 11 is 0. The lowest BCUT2D eigenvalue weighted by Gasteiger charge is -2.45. The highest BCUT2D eigenvalue weighted by Gasteiger charge is 2.55. The average molecular weight is 377 g/mol. The van der Waals surface area contributed by atoms with E-state index in [1.54, 1.807) is 11.9 Å². The van der Waals surface area contributed by atoms with E-state index in [2.05, 4.69) is 9.97 Å². The minimum Gasteiger partial charge on any atom is -0.481 e. The third-order valence-electron chi connectivity index (χ3n) is 6.40. The molecule has 1 N–H and O–H groups in total. The van der Waals surface area contributed by atoms with Gasteiger partial charge in [0.2, 0.25) is 11.9 Å². The van der Waals surface area contributed by atoms with Crippen molar-refractivity contribution in [3.63, 3.8) is 0 Å². The molecule has 0 aliphatic carbocycles. The summed E-state index contributed by atoms with van der Waals surface area (Å²) in [7, 11) is 1.70. The molecular formula is C18H24FN5O3. The highest BCUT2D eigenvalue weighted by Crippen LogP contribution is 2.43. The second-order valence-corrected chi connectivity index (χ2v) is 7.67. The van der Waals surface area contributed by atoms with Crippen LogP contribution < -0.4 is 9.80 Å². The summed E-state index contributed by atoms with van der Waals surface area (Å²) in [6.45, 7) is 2.66. The van der Waals surface area contributed by atoms with Crippen molar-refractivity contribution in [2.45, 2.75) is 37.6 Å². The van der Waals surface area contributed by atoms with E-state index in [1.165, 1.54) is 6.20 Å². The fourth-order valence-corrected chi connectivity index (χ4v) is 4.73. The number of halogens is 1. The molecule has 1 atom stereocenters. The predicted octanol–water partition coefficient (Wildman–Crippen LogP) is 1.12. The van der Waals surface area contributed by atoms with Crippen LogP contribution in [0.15, 0.2) is 6.20 Å². The van der Waals surface area contributed by atoms with Crippen molar-refractivity contribution < 1.29 is 19.1 Å². The Balaban J connectivity index is 1.53. The second kappa shape index (κ2) is 6.61. The van der Waals surface area contributed by atoms with Crippen LogP contribution in [0.2, 0.25) is 0 Å². The van der Waals surface area contributed by atoms with Gasteiger partial charge in [0.1, 0.15) is 0 Å². The van der Waals surface area contributed by atoms with Gasteiger partial charge in [0.15, 0.2) is 11.6 Å². The summed E-state index contributed by atoms with van der Waals surface area (Å²) in [5, 5.41) is 9.57. The number of aliphatic carboxylic acids is 1. The zero-order valence-electron chi connectivity index (χ0n) is 15.4. The Morgan fingerprint density at radius 2 is 1.89 bits per heavy atom. The fourth-order valence-electron chi connectivity index (χ4n) is 4.73. The molecule has 0 radical (unpaired) electrons. The van der Waals surface area contributed by atoms with Crippen LogP contribution in [0.4, 0.5) is 16.2 Å². The smallest absolute Gasteiger partial charge is 0.309 e. The molecule has 1 spiro atoms. The molecule has 0 bridgehead atoms. The van der Waals surface area contributed by atoms with Gasteiger partial charge in [-0.15, -0.1) is 0 Å². The number of carbonyl (C=O) groups is 2. The zero-order chi connectivity index (χ0) is 19.2. The SMILES string of the molecule is CN1C(=O)CC(C(=O)O)C12CCN(c1ncc(F)c(N3CCCC3)n1)CC2. The molecule has 1 aromatic rings.